The maximum absolute atomic E-state index is 10.2. The molecule has 0 aliphatic rings. The first kappa shape index (κ1) is 12.5. The molecule has 1 N–H and O–H groups in total. The van der Waals surface area contributed by atoms with E-state index >= 15 is 0 Å². The highest BCUT2D eigenvalue weighted by atomic mass is 16.3. The molecule has 3 heteroatoms. The van der Waals surface area contributed by atoms with Gasteiger partial charge in [0.15, 0.2) is 0 Å². The second-order valence-corrected chi connectivity index (χ2v) is 4.79. The van der Waals surface area contributed by atoms with Crippen LogP contribution in [0.4, 0.5) is 0 Å². The first-order valence-electron chi connectivity index (χ1n) is 6.59. The summed E-state index contributed by atoms with van der Waals surface area (Å²) in [5.74, 6) is 1.02. The molecule has 3 nitrogen and oxygen atoms in total. The van der Waals surface area contributed by atoms with Crippen LogP contribution in [-0.4, -0.2) is 14.7 Å². The quantitative estimate of drug-likeness (QED) is 0.787. The van der Waals surface area contributed by atoms with Gasteiger partial charge >= 0.3 is 0 Å². The lowest BCUT2D eigenvalue weighted by Gasteiger charge is -2.01. The Morgan fingerprint density at radius 3 is 2.20 bits per heavy atom. The maximum Gasteiger partial charge on any atom is 0.215 e. The van der Waals surface area contributed by atoms with Crippen molar-refractivity contribution in [2.75, 3.05) is 0 Å². The standard InChI is InChI=1S/C17H16N2O/c1-19-16(14-10-6-3-7-11-14)18-15(17(19)20)12-13-8-4-2-5-9-13/h2-11,20H,12H2,1H3. The van der Waals surface area contributed by atoms with E-state index in [2.05, 4.69) is 4.98 Å². The molecule has 100 valence electrons. The van der Waals surface area contributed by atoms with Gasteiger partial charge < -0.3 is 5.11 Å². The lowest BCUT2D eigenvalue weighted by Crippen LogP contribution is -1.91. The smallest absolute Gasteiger partial charge is 0.215 e. The molecule has 3 rings (SSSR count). The van der Waals surface area contributed by atoms with E-state index in [4.69, 9.17) is 0 Å². The van der Waals surface area contributed by atoms with E-state index in [1.54, 1.807) is 4.57 Å². The molecule has 0 aliphatic heterocycles. The van der Waals surface area contributed by atoms with Gasteiger partial charge in [0.25, 0.3) is 0 Å². The van der Waals surface area contributed by atoms with E-state index in [1.807, 2.05) is 67.7 Å². The zero-order valence-corrected chi connectivity index (χ0v) is 11.3. The van der Waals surface area contributed by atoms with Crippen molar-refractivity contribution in [1.82, 2.24) is 9.55 Å². The first-order valence-corrected chi connectivity index (χ1v) is 6.59. The monoisotopic (exact) mass is 264 g/mol. The van der Waals surface area contributed by atoms with Crippen molar-refractivity contribution in [3.05, 3.63) is 71.9 Å². The van der Waals surface area contributed by atoms with Crippen LogP contribution in [0.15, 0.2) is 60.7 Å². The van der Waals surface area contributed by atoms with Gasteiger partial charge in [-0.25, -0.2) is 4.98 Å². The average Bonchev–Trinajstić information content (AvgIpc) is 2.78. The molecule has 0 spiro atoms. The number of benzene rings is 2. The minimum Gasteiger partial charge on any atom is -0.493 e. The molecule has 0 radical (unpaired) electrons. The lowest BCUT2D eigenvalue weighted by atomic mass is 10.1. The SMILES string of the molecule is Cn1c(-c2ccccc2)nc(Cc2ccccc2)c1O. The number of aromatic hydroxyl groups is 1. The van der Waals surface area contributed by atoms with Crippen LogP contribution >= 0.6 is 0 Å². The molecule has 1 heterocycles. The summed E-state index contributed by atoms with van der Waals surface area (Å²) in [7, 11) is 1.83. The average molecular weight is 264 g/mol. The highest BCUT2D eigenvalue weighted by Gasteiger charge is 2.15. The summed E-state index contributed by atoms with van der Waals surface area (Å²) in [5, 5.41) is 10.2. The Kier molecular flexibility index (Phi) is 3.25. The zero-order valence-electron chi connectivity index (χ0n) is 11.3. The molecule has 0 fully saturated rings. The Morgan fingerprint density at radius 1 is 0.950 bits per heavy atom. The van der Waals surface area contributed by atoms with E-state index in [1.165, 1.54) is 0 Å². The Labute approximate surface area is 118 Å². The van der Waals surface area contributed by atoms with Crippen LogP contribution in [0, 0.1) is 0 Å². The van der Waals surface area contributed by atoms with Gasteiger partial charge in [-0.1, -0.05) is 60.7 Å². The van der Waals surface area contributed by atoms with Crippen LogP contribution < -0.4 is 0 Å². The summed E-state index contributed by atoms with van der Waals surface area (Å²) in [6, 6.07) is 19.9. The Balaban J connectivity index is 1.98. The summed E-state index contributed by atoms with van der Waals surface area (Å²) in [4.78, 5) is 4.59. The summed E-state index contributed by atoms with van der Waals surface area (Å²) in [6.07, 6.45) is 0.632. The Morgan fingerprint density at radius 2 is 1.55 bits per heavy atom. The summed E-state index contributed by atoms with van der Waals surface area (Å²) in [5.41, 5.74) is 2.85. The van der Waals surface area contributed by atoms with Gasteiger partial charge in [0, 0.05) is 19.0 Å². The third-order valence-electron chi connectivity index (χ3n) is 3.38. The minimum atomic E-state index is 0.229. The molecular formula is C17H16N2O. The molecule has 2 aromatic carbocycles. The topological polar surface area (TPSA) is 38.0 Å². The summed E-state index contributed by atoms with van der Waals surface area (Å²) < 4.78 is 1.73. The van der Waals surface area contributed by atoms with E-state index in [0.29, 0.717) is 12.1 Å². The molecule has 0 saturated heterocycles. The van der Waals surface area contributed by atoms with Gasteiger partial charge in [-0.15, -0.1) is 0 Å². The van der Waals surface area contributed by atoms with Crippen LogP contribution in [0.3, 0.4) is 0 Å². The largest absolute Gasteiger partial charge is 0.493 e. The number of aromatic nitrogens is 2. The number of imidazole rings is 1. The Hall–Kier alpha value is -2.55. The molecular weight excluding hydrogens is 248 g/mol. The van der Waals surface area contributed by atoms with Gasteiger partial charge in [0.2, 0.25) is 5.88 Å². The van der Waals surface area contributed by atoms with Gasteiger partial charge in [0.1, 0.15) is 11.5 Å². The van der Waals surface area contributed by atoms with Crippen molar-refractivity contribution in [2.24, 2.45) is 7.05 Å². The van der Waals surface area contributed by atoms with Gasteiger partial charge in [-0.2, -0.15) is 0 Å². The molecule has 1 aromatic heterocycles. The highest BCUT2D eigenvalue weighted by molar-refractivity contribution is 5.57. The van der Waals surface area contributed by atoms with Crippen molar-refractivity contribution in [3.8, 4) is 17.3 Å². The molecule has 0 aliphatic carbocycles. The van der Waals surface area contributed by atoms with Crippen LogP contribution in [0.2, 0.25) is 0 Å². The minimum absolute atomic E-state index is 0.229. The van der Waals surface area contributed by atoms with Crippen molar-refractivity contribution < 1.29 is 5.11 Å². The van der Waals surface area contributed by atoms with Crippen LogP contribution in [0.1, 0.15) is 11.3 Å². The highest BCUT2D eigenvalue weighted by Crippen LogP contribution is 2.27. The normalized spacial score (nSPS) is 10.7. The van der Waals surface area contributed by atoms with E-state index in [9.17, 15) is 5.11 Å². The number of rotatable bonds is 3. The molecule has 3 aromatic rings. The van der Waals surface area contributed by atoms with Gasteiger partial charge in [-0.05, 0) is 5.56 Å². The second kappa shape index (κ2) is 5.21. The fourth-order valence-corrected chi connectivity index (χ4v) is 2.30. The fourth-order valence-electron chi connectivity index (χ4n) is 2.30. The molecule has 20 heavy (non-hydrogen) atoms. The predicted octanol–water partition coefficient (Wildman–Crippen LogP) is 3.38. The van der Waals surface area contributed by atoms with Crippen molar-refractivity contribution in [1.29, 1.82) is 0 Å². The fraction of sp³-hybridized carbons (Fsp3) is 0.118. The maximum atomic E-state index is 10.2. The third-order valence-corrected chi connectivity index (χ3v) is 3.38. The number of hydrogen-bond acceptors (Lipinski definition) is 2. The molecule has 0 unspecified atom stereocenters. The third kappa shape index (κ3) is 2.30. The number of hydrogen-bond donors (Lipinski definition) is 1. The van der Waals surface area contributed by atoms with Gasteiger partial charge in [-0.3, -0.25) is 4.57 Å². The van der Waals surface area contributed by atoms with Crippen molar-refractivity contribution >= 4 is 0 Å². The zero-order chi connectivity index (χ0) is 13.9. The summed E-state index contributed by atoms with van der Waals surface area (Å²) >= 11 is 0. The van der Waals surface area contributed by atoms with Crippen LogP contribution in [0.25, 0.3) is 11.4 Å². The van der Waals surface area contributed by atoms with Crippen molar-refractivity contribution in [3.63, 3.8) is 0 Å². The van der Waals surface area contributed by atoms with E-state index < -0.39 is 0 Å². The Bertz CT molecular complexity index is 703. The van der Waals surface area contributed by atoms with E-state index in [-0.39, 0.29) is 5.88 Å². The first-order chi connectivity index (χ1) is 9.75. The van der Waals surface area contributed by atoms with Crippen LogP contribution in [-0.2, 0) is 13.5 Å². The number of nitrogens with zero attached hydrogens (tertiary/aromatic N) is 2. The molecule has 0 bridgehead atoms. The van der Waals surface area contributed by atoms with Crippen molar-refractivity contribution in [2.45, 2.75) is 6.42 Å². The second-order valence-electron chi connectivity index (χ2n) is 4.79. The molecule has 0 amide bonds. The molecule has 0 atom stereocenters. The lowest BCUT2D eigenvalue weighted by molar-refractivity contribution is 0.427. The van der Waals surface area contributed by atoms with Gasteiger partial charge in [0.05, 0.1) is 0 Å². The van der Waals surface area contributed by atoms with Crippen LogP contribution in [0.5, 0.6) is 5.88 Å². The van der Waals surface area contributed by atoms with E-state index in [0.717, 1.165) is 17.0 Å². The summed E-state index contributed by atoms with van der Waals surface area (Å²) in [6.45, 7) is 0. The predicted molar refractivity (Wildman–Crippen MR) is 79.6 cm³/mol. The molecule has 0 saturated carbocycles.